The van der Waals surface area contributed by atoms with Gasteiger partial charge in [0.25, 0.3) is 5.91 Å². The standard InChI is InChI=1S/C12H19N3O/c1-4-6-15(3)12(16)9-7-10(5-2)14-11(13)8-9/h7-8H,4-6H2,1-3H3,(H2,13,14). The third-order valence-corrected chi connectivity index (χ3v) is 2.41. The largest absolute Gasteiger partial charge is 0.384 e. The van der Waals surface area contributed by atoms with Crippen LogP contribution in [0, 0.1) is 0 Å². The number of carbonyl (C=O) groups is 1. The molecule has 0 fully saturated rings. The van der Waals surface area contributed by atoms with Gasteiger partial charge < -0.3 is 10.6 Å². The van der Waals surface area contributed by atoms with Crippen LogP contribution in [0.15, 0.2) is 12.1 Å². The van der Waals surface area contributed by atoms with Crippen molar-refractivity contribution in [2.24, 2.45) is 0 Å². The van der Waals surface area contributed by atoms with Crippen molar-refractivity contribution >= 4 is 11.7 Å². The summed E-state index contributed by atoms with van der Waals surface area (Å²) < 4.78 is 0. The van der Waals surface area contributed by atoms with Crippen molar-refractivity contribution in [1.82, 2.24) is 9.88 Å². The topological polar surface area (TPSA) is 59.2 Å². The number of pyridine rings is 1. The zero-order valence-corrected chi connectivity index (χ0v) is 10.2. The van der Waals surface area contributed by atoms with Crippen molar-refractivity contribution in [2.45, 2.75) is 26.7 Å². The van der Waals surface area contributed by atoms with Gasteiger partial charge in [-0.1, -0.05) is 13.8 Å². The molecule has 0 aromatic carbocycles. The molecule has 0 radical (unpaired) electrons. The lowest BCUT2D eigenvalue weighted by atomic mass is 10.1. The first-order chi connectivity index (χ1) is 7.58. The summed E-state index contributed by atoms with van der Waals surface area (Å²) in [6.45, 7) is 4.79. The highest BCUT2D eigenvalue weighted by Gasteiger charge is 2.12. The zero-order chi connectivity index (χ0) is 12.1. The van der Waals surface area contributed by atoms with Gasteiger partial charge in [0.15, 0.2) is 0 Å². The van der Waals surface area contributed by atoms with Crippen LogP contribution in [-0.4, -0.2) is 29.4 Å². The van der Waals surface area contributed by atoms with Crippen molar-refractivity contribution in [3.05, 3.63) is 23.4 Å². The minimum Gasteiger partial charge on any atom is -0.384 e. The molecule has 88 valence electrons. The van der Waals surface area contributed by atoms with E-state index in [1.165, 1.54) is 0 Å². The summed E-state index contributed by atoms with van der Waals surface area (Å²) in [7, 11) is 1.80. The van der Waals surface area contributed by atoms with E-state index in [9.17, 15) is 4.79 Å². The first-order valence-corrected chi connectivity index (χ1v) is 5.60. The number of anilines is 1. The molecular formula is C12H19N3O. The predicted octanol–water partition coefficient (Wildman–Crippen LogP) is 1.71. The smallest absolute Gasteiger partial charge is 0.253 e. The van der Waals surface area contributed by atoms with Crippen LogP contribution in [0.3, 0.4) is 0 Å². The number of nitrogen functional groups attached to an aromatic ring is 1. The van der Waals surface area contributed by atoms with E-state index in [4.69, 9.17) is 5.73 Å². The molecule has 0 unspecified atom stereocenters. The molecule has 1 rings (SSSR count). The van der Waals surface area contributed by atoms with Gasteiger partial charge in [0.05, 0.1) is 0 Å². The fourth-order valence-corrected chi connectivity index (χ4v) is 1.57. The van der Waals surface area contributed by atoms with Gasteiger partial charge in [0.2, 0.25) is 0 Å². The quantitative estimate of drug-likeness (QED) is 0.842. The number of hydrogen-bond donors (Lipinski definition) is 1. The second-order valence-electron chi connectivity index (χ2n) is 3.85. The SMILES string of the molecule is CCCN(C)C(=O)c1cc(N)nc(CC)c1. The molecule has 1 heterocycles. The van der Waals surface area contributed by atoms with Crippen molar-refractivity contribution < 1.29 is 4.79 Å². The Morgan fingerprint density at radius 1 is 1.44 bits per heavy atom. The second kappa shape index (κ2) is 5.49. The monoisotopic (exact) mass is 221 g/mol. The van der Waals surface area contributed by atoms with Gasteiger partial charge in [0.1, 0.15) is 5.82 Å². The van der Waals surface area contributed by atoms with Crippen LogP contribution in [0.25, 0.3) is 0 Å². The van der Waals surface area contributed by atoms with Gasteiger partial charge in [-0.05, 0) is 25.0 Å². The molecule has 4 heteroatoms. The molecule has 0 saturated heterocycles. The van der Waals surface area contributed by atoms with Crippen LogP contribution in [0.5, 0.6) is 0 Å². The Bertz CT molecular complexity index is 377. The number of hydrogen-bond acceptors (Lipinski definition) is 3. The number of carbonyl (C=O) groups excluding carboxylic acids is 1. The Morgan fingerprint density at radius 3 is 2.69 bits per heavy atom. The Hall–Kier alpha value is -1.58. The molecule has 0 spiro atoms. The van der Waals surface area contributed by atoms with Crippen molar-refractivity contribution in [2.75, 3.05) is 19.3 Å². The van der Waals surface area contributed by atoms with Gasteiger partial charge in [-0.2, -0.15) is 0 Å². The Kier molecular flexibility index (Phi) is 4.28. The molecule has 1 aromatic rings. The fraction of sp³-hybridized carbons (Fsp3) is 0.500. The maximum absolute atomic E-state index is 12.0. The zero-order valence-electron chi connectivity index (χ0n) is 10.2. The number of aromatic nitrogens is 1. The summed E-state index contributed by atoms with van der Waals surface area (Å²) in [5.74, 6) is 0.415. The van der Waals surface area contributed by atoms with E-state index in [-0.39, 0.29) is 5.91 Å². The van der Waals surface area contributed by atoms with E-state index >= 15 is 0 Å². The molecule has 0 aliphatic rings. The molecule has 2 N–H and O–H groups in total. The summed E-state index contributed by atoms with van der Waals surface area (Å²) in [6.07, 6.45) is 1.73. The van der Waals surface area contributed by atoms with Gasteiger partial charge in [-0.3, -0.25) is 4.79 Å². The average Bonchev–Trinajstić information content (AvgIpc) is 2.27. The number of nitrogens with zero attached hydrogens (tertiary/aromatic N) is 2. The lowest BCUT2D eigenvalue weighted by molar-refractivity contribution is 0.0795. The third-order valence-electron chi connectivity index (χ3n) is 2.41. The molecule has 4 nitrogen and oxygen atoms in total. The molecule has 16 heavy (non-hydrogen) atoms. The molecule has 0 aliphatic carbocycles. The first kappa shape index (κ1) is 12.5. The predicted molar refractivity (Wildman–Crippen MR) is 65.3 cm³/mol. The van der Waals surface area contributed by atoms with Crippen LogP contribution < -0.4 is 5.73 Å². The number of nitrogens with two attached hydrogens (primary N) is 1. The van der Waals surface area contributed by atoms with Crippen molar-refractivity contribution in [1.29, 1.82) is 0 Å². The molecule has 0 aliphatic heterocycles. The Morgan fingerprint density at radius 2 is 2.12 bits per heavy atom. The second-order valence-corrected chi connectivity index (χ2v) is 3.85. The lowest BCUT2D eigenvalue weighted by Crippen LogP contribution is -2.27. The molecule has 0 atom stereocenters. The number of aryl methyl sites for hydroxylation is 1. The van der Waals surface area contributed by atoms with E-state index in [1.54, 1.807) is 18.0 Å². The molecule has 0 bridgehead atoms. The average molecular weight is 221 g/mol. The van der Waals surface area contributed by atoms with Crippen LogP contribution in [0.1, 0.15) is 36.3 Å². The van der Waals surface area contributed by atoms with Gasteiger partial charge in [-0.25, -0.2) is 4.98 Å². The van der Waals surface area contributed by atoms with Crippen LogP contribution in [-0.2, 0) is 6.42 Å². The summed E-state index contributed by atoms with van der Waals surface area (Å²) in [5.41, 5.74) is 7.15. The molecule has 1 aromatic heterocycles. The van der Waals surface area contributed by atoms with E-state index < -0.39 is 0 Å². The van der Waals surface area contributed by atoms with Crippen LogP contribution in [0.2, 0.25) is 0 Å². The Labute approximate surface area is 96.5 Å². The third kappa shape index (κ3) is 2.95. The molecular weight excluding hydrogens is 202 g/mol. The minimum absolute atomic E-state index is 0.00523. The maximum atomic E-state index is 12.0. The first-order valence-electron chi connectivity index (χ1n) is 5.60. The van der Waals surface area contributed by atoms with E-state index in [2.05, 4.69) is 4.98 Å². The number of amides is 1. The van der Waals surface area contributed by atoms with Crippen LogP contribution >= 0.6 is 0 Å². The Balaban J connectivity index is 2.94. The van der Waals surface area contributed by atoms with E-state index in [0.717, 1.165) is 25.1 Å². The maximum Gasteiger partial charge on any atom is 0.253 e. The highest BCUT2D eigenvalue weighted by atomic mass is 16.2. The van der Waals surface area contributed by atoms with Gasteiger partial charge >= 0.3 is 0 Å². The van der Waals surface area contributed by atoms with Crippen molar-refractivity contribution in [3.8, 4) is 0 Å². The summed E-state index contributed by atoms with van der Waals surface area (Å²) in [4.78, 5) is 17.8. The normalized spacial score (nSPS) is 10.2. The summed E-state index contributed by atoms with van der Waals surface area (Å²) >= 11 is 0. The summed E-state index contributed by atoms with van der Waals surface area (Å²) in [5, 5.41) is 0. The highest BCUT2D eigenvalue weighted by molar-refractivity contribution is 5.94. The van der Waals surface area contributed by atoms with E-state index in [1.807, 2.05) is 19.9 Å². The van der Waals surface area contributed by atoms with Crippen LogP contribution in [0.4, 0.5) is 5.82 Å². The summed E-state index contributed by atoms with van der Waals surface area (Å²) in [6, 6.07) is 3.44. The minimum atomic E-state index is 0.00523. The van der Waals surface area contributed by atoms with Gasteiger partial charge in [0, 0.05) is 24.8 Å². The van der Waals surface area contributed by atoms with E-state index in [0.29, 0.717) is 11.4 Å². The molecule has 0 saturated carbocycles. The van der Waals surface area contributed by atoms with Gasteiger partial charge in [-0.15, -0.1) is 0 Å². The van der Waals surface area contributed by atoms with Crippen molar-refractivity contribution in [3.63, 3.8) is 0 Å². The number of rotatable bonds is 4. The highest BCUT2D eigenvalue weighted by Crippen LogP contribution is 2.10. The lowest BCUT2D eigenvalue weighted by Gasteiger charge is -2.16. The molecule has 1 amide bonds. The fourth-order valence-electron chi connectivity index (χ4n) is 1.57.